The van der Waals surface area contributed by atoms with Gasteiger partial charge < -0.3 is 23.8 Å². The SMILES string of the molecule is COC[C@@H]1[C@@H](C)C/C=C/[C@](CN2CCN3CCOC[C@@H]3C2)(OC)[C@@H]2CC[C@H]2CN2C[C@@]3(CCCc4cc(Cl)ccc43)COc3ccc(cc32)C(=O)NS1(=O)=O. The summed E-state index contributed by atoms with van der Waals surface area (Å²) in [4.78, 5) is 21.4. The van der Waals surface area contributed by atoms with Gasteiger partial charge in [0.05, 0.1) is 32.1 Å². The van der Waals surface area contributed by atoms with Crippen LogP contribution in [0, 0.1) is 17.8 Å². The van der Waals surface area contributed by atoms with E-state index in [1.165, 1.54) is 18.2 Å². The summed E-state index contributed by atoms with van der Waals surface area (Å²) >= 11 is 6.52. The molecule has 0 aromatic heterocycles. The van der Waals surface area contributed by atoms with Crippen LogP contribution in [-0.4, -0.2) is 127 Å². The maximum Gasteiger partial charge on any atom is 0.264 e. The van der Waals surface area contributed by atoms with E-state index >= 15 is 0 Å². The van der Waals surface area contributed by atoms with Crippen LogP contribution in [0.1, 0.15) is 60.5 Å². The van der Waals surface area contributed by atoms with E-state index in [0.29, 0.717) is 37.3 Å². The second kappa shape index (κ2) is 15.9. The van der Waals surface area contributed by atoms with E-state index in [9.17, 15) is 13.2 Å². The Labute approximate surface area is 331 Å². The molecule has 1 amide bonds. The second-order valence-electron chi connectivity index (χ2n) is 17.0. The van der Waals surface area contributed by atoms with Crippen molar-refractivity contribution in [1.82, 2.24) is 14.5 Å². The number of halogens is 1. The first-order chi connectivity index (χ1) is 26.5. The number of sulfonamides is 1. The summed E-state index contributed by atoms with van der Waals surface area (Å²) < 4.78 is 55.1. The summed E-state index contributed by atoms with van der Waals surface area (Å²) in [6.45, 7) is 9.98. The first-order valence-corrected chi connectivity index (χ1v) is 22.1. The number of ether oxygens (including phenoxy) is 4. The Bertz CT molecular complexity index is 1880. The van der Waals surface area contributed by atoms with E-state index in [1.807, 2.05) is 32.2 Å². The predicted octanol–water partition coefficient (Wildman–Crippen LogP) is 4.91. The smallest absolute Gasteiger partial charge is 0.264 e. The lowest BCUT2D eigenvalue weighted by atomic mass is 9.63. The van der Waals surface area contributed by atoms with E-state index < -0.39 is 26.8 Å². The molecular formula is C42H57ClN4O7S. The van der Waals surface area contributed by atoms with Gasteiger partial charge in [0, 0.05) is 82.1 Å². The Balaban J connectivity index is 1.20. The molecule has 11 nitrogen and oxygen atoms in total. The van der Waals surface area contributed by atoms with Gasteiger partial charge in [0.2, 0.25) is 10.0 Å². The number of carbonyl (C=O) groups is 1. The molecule has 0 radical (unpaired) electrons. The van der Waals surface area contributed by atoms with Crippen molar-refractivity contribution >= 4 is 33.2 Å². The van der Waals surface area contributed by atoms with Crippen molar-refractivity contribution < 1.29 is 32.2 Å². The van der Waals surface area contributed by atoms with Crippen LogP contribution in [0.4, 0.5) is 5.69 Å². The van der Waals surface area contributed by atoms with Crippen LogP contribution in [0.5, 0.6) is 5.75 Å². The van der Waals surface area contributed by atoms with Crippen molar-refractivity contribution in [3.8, 4) is 5.75 Å². The quantitative estimate of drug-likeness (QED) is 0.420. The third-order valence-electron chi connectivity index (χ3n) is 13.7. The zero-order valence-electron chi connectivity index (χ0n) is 32.5. The number of amides is 1. The molecular weight excluding hydrogens is 740 g/mol. The van der Waals surface area contributed by atoms with Gasteiger partial charge in [-0.2, -0.15) is 0 Å². The van der Waals surface area contributed by atoms with Crippen molar-refractivity contribution in [1.29, 1.82) is 0 Å². The number of piperazine rings is 1. The number of anilines is 1. The number of allylic oxidation sites excluding steroid dienone is 1. The Kier molecular flexibility index (Phi) is 11.3. The molecule has 4 heterocycles. The van der Waals surface area contributed by atoms with E-state index in [1.54, 1.807) is 6.07 Å². The normalized spacial score (nSPS) is 34.6. The summed E-state index contributed by atoms with van der Waals surface area (Å²) in [7, 11) is -0.769. The van der Waals surface area contributed by atoms with E-state index in [2.05, 4.69) is 43.7 Å². The van der Waals surface area contributed by atoms with Crippen molar-refractivity contribution in [3.05, 3.63) is 70.3 Å². The summed E-state index contributed by atoms with van der Waals surface area (Å²) in [6, 6.07) is 12.0. The van der Waals surface area contributed by atoms with Crippen LogP contribution in [0.25, 0.3) is 0 Å². The minimum atomic E-state index is -4.11. The van der Waals surface area contributed by atoms with Gasteiger partial charge in [-0.15, -0.1) is 0 Å². The number of rotatable bonds is 5. The number of morpholine rings is 1. The molecule has 1 N–H and O–H groups in total. The van der Waals surface area contributed by atoms with Crippen LogP contribution in [0.2, 0.25) is 5.02 Å². The van der Waals surface area contributed by atoms with Gasteiger partial charge in [-0.05, 0) is 97.7 Å². The number of methoxy groups -OCH3 is 2. The van der Waals surface area contributed by atoms with Gasteiger partial charge in [0.1, 0.15) is 16.6 Å². The van der Waals surface area contributed by atoms with Crippen molar-refractivity contribution in [2.24, 2.45) is 17.8 Å². The molecule has 8 rings (SSSR count). The third-order valence-corrected chi connectivity index (χ3v) is 15.8. The highest BCUT2D eigenvalue weighted by molar-refractivity contribution is 7.90. The average Bonchev–Trinajstić information content (AvgIpc) is 3.31. The second-order valence-corrected chi connectivity index (χ2v) is 19.3. The molecule has 13 heteroatoms. The molecule has 2 aliphatic carbocycles. The lowest BCUT2D eigenvalue weighted by molar-refractivity contribution is -0.108. The number of nitrogens with zero attached hydrogens (tertiary/aromatic N) is 3. The number of hydrogen-bond acceptors (Lipinski definition) is 10. The lowest BCUT2D eigenvalue weighted by Gasteiger charge is -2.53. The molecule has 7 atom stereocenters. The number of carbonyl (C=O) groups excluding carboxylic acids is 1. The monoisotopic (exact) mass is 796 g/mol. The lowest BCUT2D eigenvalue weighted by Crippen LogP contribution is -2.62. The topological polar surface area (TPSA) is 110 Å². The standard InChI is InChI=1S/C42H57ClN4O7S/c1-29-6-4-15-42(52-3,27-45-16-17-46-18-19-53-24-34(46)23-45)36-11-8-32(36)22-47-26-41(14-5-7-30-20-33(43)10-12-35(30)41)28-54-38-13-9-31(21-37(38)47)40(48)44-55(49,50)39(29)25-51-2/h4,9-10,12-13,15,20-21,29,32,34,36,39H,5-8,11,14,16-19,22-28H2,1-3H3,(H,44,48)/b15-4+/t29-,32-,34-,36+,39+,41-,42+/m0/s1. The maximum atomic E-state index is 13.9. The van der Waals surface area contributed by atoms with Crippen LogP contribution < -0.4 is 14.4 Å². The van der Waals surface area contributed by atoms with Crippen LogP contribution in [0.3, 0.4) is 0 Å². The molecule has 0 unspecified atom stereocenters. The Morgan fingerprint density at radius 3 is 2.75 bits per heavy atom. The van der Waals surface area contributed by atoms with Crippen LogP contribution in [-0.2, 0) is 36.1 Å². The summed E-state index contributed by atoms with van der Waals surface area (Å²) in [5, 5.41) is -0.197. The highest BCUT2D eigenvalue weighted by Gasteiger charge is 2.50. The Morgan fingerprint density at radius 2 is 1.95 bits per heavy atom. The molecule has 1 saturated carbocycles. The van der Waals surface area contributed by atoms with Crippen LogP contribution >= 0.6 is 11.6 Å². The summed E-state index contributed by atoms with van der Waals surface area (Å²) in [5.74, 6) is 0.252. The molecule has 4 aliphatic heterocycles. The molecule has 3 fully saturated rings. The Hall–Kier alpha value is -2.71. The van der Waals surface area contributed by atoms with Gasteiger partial charge in [-0.3, -0.25) is 14.6 Å². The number of aryl methyl sites for hydroxylation is 1. The number of hydrogen-bond donors (Lipinski definition) is 1. The molecule has 2 saturated heterocycles. The zero-order valence-corrected chi connectivity index (χ0v) is 34.1. The third kappa shape index (κ3) is 7.69. The molecule has 6 aliphatic rings. The van der Waals surface area contributed by atoms with E-state index in [-0.39, 0.29) is 29.4 Å². The summed E-state index contributed by atoms with van der Waals surface area (Å²) in [6.07, 6.45) is 9.90. The fraction of sp³-hybridized carbons (Fsp3) is 0.643. The van der Waals surface area contributed by atoms with Crippen molar-refractivity contribution in [3.63, 3.8) is 0 Å². The molecule has 2 aromatic rings. The van der Waals surface area contributed by atoms with Crippen molar-refractivity contribution in [2.75, 3.05) is 91.4 Å². The number of fused-ring (bicyclic) bond motifs is 5. The van der Waals surface area contributed by atoms with E-state index in [4.69, 9.17) is 30.5 Å². The fourth-order valence-electron chi connectivity index (χ4n) is 10.5. The largest absolute Gasteiger partial charge is 0.490 e. The number of benzene rings is 2. The molecule has 300 valence electrons. The van der Waals surface area contributed by atoms with Crippen molar-refractivity contribution in [2.45, 2.75) is 67.8 Å². The average molecular weight is 797 g/mol. The summed E-state index contributed by atoms with van der Waals surface area (Å²) in [5.41, 5.74) is 2.76. The first-order valence-electron chi connectivity index (χ1n) is 20.2. The highest BCUT2D eigenvalue weighted by atomic mass is 35.5. The van der Waals surface area contributed by atoms with Crippen LogP contribution in [0.15, 0.2) is 48.6 Å². The minimum Gasteiger partial charge on any atom is -0.490 e. The highest BCUT2D eigenvalue weighted by Crippen LogP contribution is 2.49. The van der Waals surface area contributed by atoms with E-state index in [0.717, 1.165) is 95.3 Å². The molecule has 2 aromatic carbocycles. The fourth-order valence-corrected chi connectivity index (χ4v) is 12.2. The van der Waals surface area contributed by atoms with Gasteiger partial charge in [0.15, 0.2) is 0 Å². The molecule has 2 bridgehead atoms. The first kappa shape index (κ1) is 39.1. The maximum absolute atomic E-state index is 13.9. The van der Waals surface area contributed by atoms with Gasteiger partial charge >= 0.3 is 0 Å². The molecule has 1 spiro atoms. The zero-order chi connectivity index (χ0) is 38.4. The molecule has 55 heavy (non-hydrogen) atoms. The van der Waals surface area contributed by atoms with Gasteiger partial charge in [0.25, 0.3) is 5.91 Å². The minimum absolute atomic E-state index is 0.0357. The van der Waals surface area contributed by atoms with Gasteiger partial charge in [-0.25, -0.2) is 13.1 Å². The van der Waals surface area contributed by atoms with Gasteiger partial charge in [-0.1, -0.05) is 36.7 Å². The number of nitrogens with one attached hydrogen (secondary N) is 1. The Morgan fingerprint density at radius 1 is 1.07 bits per heavy atom. The predicted molar refractivity (Wildman–Crippen MR) is 214 cm³/mol.